The van der Waals surface area contributed by atoms with Gasteiger partial charge in [0.1, 0.15) is 5.75 Å². The zero-order valence-electron chi connectivity index (χ0n) is 10.5. The van der Waals surface area contributed by atoms with Crippen LogP contribution < -0.4 is 10.5 Å². The molecule has 0 bridgehead atoms. The van der Waals surface area contributed by atoms with Crippen molar-refractivity contribution < 1.29 is 17.9 Å². The van der Waals surface area contributed by atoms with Gasteiger partial charge >= 0.3 is 6.36 Å². The third-order valence-electron chi connectivity index (χ3n) is 2.72. The van der Waals surface area contributed by atoms with Crippen LogP contribution in [0.5, 0.6) is 5.75 Å². The molecule has 0 radical (unpaired) electrons. The molecule has 1 unspecified atom stereocenters. The van der Waals surface area contributed by atoms with Gasteiger partial charge < -0.3 is 10.5 Å². The van der Waals surface area contributed by atoms with Crippen LogP contribution in [0.2, 0.25) is 10.0 Å². The molecular formula is C14H10Cl2F3NO. The van der Waals surface area contributed by atoms with E-state index in [2.05, 4.69) is 4.74 Å². The predicted molar refractivity (Wildman–Crippen MR) is 75.6 cm³/mol. The lowest BCUT2D eigenvalue weighted by Crippen LogP contribution is -2.20. The van der Waals surface area contributed by atoms with Crippen LogP contribution in [-0.2, 0) is 0 Å². The van der Waals surface area contributed by atoms with Crippen molar-refractivity contribution in [3.63, 3.8) is 0 Å². The first-order valence-electron chi connectivity index (χ1n) is 5.82. The SMILES string of the molecule is NC(c1cc(Cl)cc(Cl)c1)c1ccccc1OC(F)(F)F. The van der Waals surface area contributed by atoms with Crippen LogP contribution in [-0.4, -0.2) is 6.36 Å². The molecule has 0 heterocycles. The van der Waals surface area contributed by atoms with Gasteiger partial charge in [0.05, 0.1) is 6.04 Å². The minimum Gasteiger partial charge on any atom is -0.405 e. The van der Waals surface area contributed by atoms with Crippen molar-refractivity contribution >= 4 is 23.2 Å². The van der Waals surface area contributed by atoms with Gasteiger partial charge in [-0.2, -0.15) is 0 Å². The number of halogens is 5. The molecule has 2 aromatic carbocycles. The lowest BCUT2D eigenvalue weighted by Gasteiger charge is -2.18. The van der Waals surface area contributed by atoms with Gasteiger partial charge in [-0.05, 0) is 29.8 Å². The number of hydrogen-bond acceptors (Lipinski definition) is 2. The molecule has 0 spiro atoms. The summed E-state index contributed by atoms with van der Waals surface area (Å²) in [5, 5.41) is 0.698. The highest BCUT2D eigenvalue weighted by Gasteiger charge is 2.32. The molecule has 0 amide bonds. The summed E-state index contributed by atoms with van der Waals surface area (Å²) >= 11 is 11.8. The van der Waals surface area contributed by atoms with Gasteiger partial charge in [0.15, 0.2) is 0 Å². The highest BCUT2D eigenvalue weighted by atomic mass is 35.5. The van der Waals surface area contributed by atoms with Crippen LogP contribution in [0.3, 0.4) is 0 Å². The molecule has 0 aliphatic rings. The van der Waals surface area contributed by atoms with E-state index < -0.39 is 12.4 Å². The van der Waals surface area contributed by atoms with Crippen molar-refractivity contribution in [2.75, 3.05) is 0 Å². The summed E-state index contributed by atoms with van der Waals surface area (Å²) in [4.78, 5) is 0. The van der Waals surface area contributed by atoms with Crippen molar-refractivity contribution in [2.45, 2.75) is 12.4 Å². The molecule has 0 saturated heterocycles. The standard InChI is InChI=1S/C14H10Cl2F3NO/c15-9-5-8(6-10(16)7-9)13(20)11-3-1-2-4-12(11)21-14(17,18)19/h1-7,13H,20H2. The summed E-state index contributed by atoms with van der Waals surface area (Å²) in [5.74, 6) is -0.353. The smallest absolute Gasteiger partial charge is 0.405 e. The maximum absolute atomic E-state index is 12.4. The lowest BCUT2D eigenvalue weighted by atomic mass is 9.99. The number of rotatable bonds is 3. The molecule has 21 heavy (non-hydrogen) atoms. The van der Waals surface area contributed by atoms with Crippen molar-refractivity contribution in [3.8, 4) is 5.75 Å². The van der Waals surface area contributed by atoms with E-state index in [9.17, 15) is 13.2 Å². The van der Waals surface area contributed by atoms with Gasteiger partial charge in [-0.1, -0.05) is 41.4 Å². The second-order valence-electron chi connectivity index (χ2n) is 4.27. The summed E-state index contributed by atoms with van der Waals surface area (Å²) in [6.07, 6.45) is -4.79. The minimum atomic E-state index is -4.79. The third-order valence-corrected chi connectivity index (χ3v) is 3.16. The van der Waals surface area contributed by atoms with E-state index in [0.29, 0.717) is 15.6 Å². The molecule has 0 fully saturated rings. The van der Waals surface area contributed by atoms with Crippen molar-refractivity contribution in [1.82, 2.24) is 0 Å². The Kier molecular flexibility index (Phi) is 4.66. The Balaban J connectivity index is 2.41. The van der Waals surface area contributed by atoms with Crippen molar-refractivity contribution in [1.29, 1.82) is 0 Å². The average Bonchev–Trinajstić information content (AvgIpc) is 2.35. The summed E-state index contributed by atoms with van der Waals surface area (Å²) < 4.78 is 41.2. The summed E-state index contributed by atoms with van der Waals surface area (Å²) in [5.41, 5.74) is 6.69. The van der Waals surface area contributed by atoms with Gasteiger partial charge in [-0.15, -0.1) is 13.2 Å². The maximum atomic E-state index is 12.4. The second kappa shape index (κ2) is 6.13. The van der Waals surface area contributed by atoms with Crippen LogP contribution in [0.25, 0.3) is 0 Å². The van der Waals surface area contributed by atoms with E-state index in [1.54, 1.807) is 18.2 Å². The maximum Gasteiger partial charge on any atom is 0.573 e. The molecule has 0 aromatic heterocycles. The van der Waals surface area contributed by atoms with Crippen LogP contribution in [0, 0.1) is 0 Å². The molecule has 2 nitrogen and oxygen atoms in total. The monoisotopic (exact) mass is 335 g/mol. The Bertz CT molecular complexity index is 626. The number of hydrogen-bond donors (Lipinski definition) is 1. The first-order chi connectivity index (χ1) is 9.76. The molecule has 112 valence electrons. The largest absolute Gasteiger partial charge is 0.573 e. The fourth-order valence-electron chi connectivity index (χ4n) is 1.89. The van der Waals surface area contributed by atoms with E-state index in [-0.39, 0.29) is 11.3 Å². The Morgan fingerprint density at radius 2 is 1.57 bits per heavy atom. The molecule has 2 aromatic rings. The zero-order chi connectivity index (χ0) is 15.6. The quantitative estimate of drug-likeness (QED) is 0.862. The van der Waals surface area contributed by atoms with Gasteiger partial charge in [-0.3, -0.25) is 0 Å². The topological polar surface area (TPSA) is 35.2 Å². The fraction of sp³-hybridized carbons (Fsp3) is 0.143. The van der Waals surface area contributed by atoms with Gasteiger partial charge in [0, 0.05) is 15.6 Å². The minimum absolute atomic E-state index is 0.188. The summed E-state index contributed by atoms with van der Waals surface area (Å²) in [6, 6.07) is 9.42. The number of ether oxygens (including phenoxy) is 1. The van der Waals surface area contributed by atoms with Crippen LogP contribution in [0.15, 0.2) is 42.5 Å². The highest BCUT2D eigenvalue weighted by Crippen LogP contribution is 2.33. The van der Waals surface area contributed by atoms with Gasteiger partial charge in [-0.25, -0.2) is 0 Å². The Labute approximate surface area is 129 Å². The first-order valence-corrected chi connectivity index (χ1v) is 6.58. The fourth-order valence-corrected chi connectivity index (χ4v) is 2.43. The average molecular weight is 336 g/mol. The van der Waals surface area contributed by atoms with E-state index in [1.165, 1.54) is 24.3 Å². The summed E-state index contributed by atoms with van der Waals surface area (Å²) in [7, 11) is 0. The van der Waals surface area contributed by atoms with Crippen LogP contribution in [0.1, 0.15) is 17.2 Å². The predicted octanol–water partition coefficient (Wildman–Crippen LogP) is 4.94. The van der Waals surface area contributed by atoms with E-state index in [0.717, 1.165) is 0 Å². The highest BCUT2D eigenvalue weighted by molar-refractivity contribution is 6.34. The molecular weight excluding hydrogens is 326 g/mol. The van der Waals surface area contributed by atoms with Crippen LogP contribution in [0.4, 0.5) is 13.2 Å². The Hall–Kier alpha value is -1.43. The van der Waals surface area contributed by atoms with Crippen molar-refractivity contribution in [2.24, 2.45) is 5.73 Å². The molecule has 2 rings (SSSR count). The molecule has 2 N–H and O–H groups in total. The Morgan fingerprint density at radius 3 is 2.14 bits per heavy atom. The van der Waals surface area contributed by atoms with Crippen molar-refractivity contribution in [3.05, 3.63) is 63.6 Å². The Morgan fingerprint density at radius 1 is 1.00 bits per heavy atom. The molecule has 0 aliphatic heterocycles. The molecule has 7 heteroatoms. The summed E-state index contributed by atoms with van der Waals surface area (Å²) in [6.45, 7) is 0. The lowest BCUT2D eigenvalue weighted by molar-refractivity contribution is -0.274. The van der Waals surface area contributed by atoms with Gasteiger partial charge in [0.25, 0.3) is 0 Å². The number of para-hydroxylation sites is 1. The van der Waals surface area contributed by atoms with E-state index >= 15 is 0 Å². The third kappa shape index (κ3) is 4.27. The first kappa shape index (κ1) is 15.9. The normalized spacial score (nSPS) is 13.0. The van der Waals surface area contributed by atoms with E-state index in [4.69, 9.17) is 28.9 Å². The number of benzene rings is 2. The second-order valence-corrected chi connectivity index (χ2v) is 5.14. The van der Waals surface area contributed by atoms with Gasteiger partial charge in [0.2, 0.25) is 0 Å². The number of alkyl halides is 3. The zero-order valence-corrected chi connectivity index (χ0v) is 12.0. The van der Waals surface area contributed by atoms with E-state index in [1.807, 2.05) is 0 Å². The molecule has 1 atom stereocenters. The molecule has 0 saturated carbocycles. The molecule has 0 aliphatic carbocycles. The van der Waals surface area contributed by atoms with Crippen LogP contribution >= 0.6 is 23.2 Å². The number of nitrogens with two attached hydrogens (primary N) is 1.